The van der Waals surface area contributed by atoms with E-state index in [9.17, 15) is 8.42 Å². The highest BCUT2D eigenvalue weighted by Crippen LogP contribution is 2.19. The number of halogens is 1. The predicted octanol–water partition coefficient (Wildman–Crippen LogP) is 0.784. The van der Waals surface area contributed by atoms with Gasteiger partial charge in [-0.25, -0.2) is 18.1 Å². The van der Waals surface area contributed by atoms with E-state index < -0.39 is 10.0 Å². The summed E-state index contributed by atoms with van der Waals surface area (Å²) in [5.41, 5.74) is 5.40. The number of pyridine rings is 1. The van der Waals surface area contributed by atoms with Gasteiger partial charge in [-0.05, 0) is 6.07 Å². The Hall–Kier alpha value is -1.64. The summed E-state index contributed by atoms with van der Waals surface area (Å²) in [7, 11) is -3.72. The highest BCUT2D eigenvalue weighted by atomic mass is 35.5. The van der Waals surface area contributed by atoms with Crippen LogP contribution in [0.5, 0.6) is 0 Å². The molecule has 7 nitrogen and oxygen atoms in total. The second-order valence-electron chi connectivity index (χ2n) is 3.34. The third-order valence-corrected chi connectivity index (χ3v) is 3.75. The van der Waals surface area contributed by atoms with Crippen LogP contribution in [0.4, 0.5) is 5.82 Å². The SMILES string of the molecule is Nc1ncc(S(=O)(=O)NCc2ccno2)cc1Cl. The van der Waals surface area contributed by atoms with Gasteiger partial charge >= 0.3 is 0 Å². The Kier molecular flexibility index (Phi) is 3.50. The van der Waals surface area contributed by atoms with Crippen molar-refractivity contribution in [1.29, 1.82) is 0 Å². The van der Waals surface area contributed by atoms with E-state index in [2.05, 4.69) is 14.9 Å². The summed E-state index contributed by atoms with van der Waals surface area (Å²) in [6.07, 6.45) is 2.55. The minimum absolute atomic E-state index is 0.00959. The van der Waals surface area contributed by atoms with Gasteiger partial charge in [0.15, 0.2) is 5.76 Å². The number of hydrogen-bond acceptors (Lipinski definition) is 6. The van der Waals surface area contributed by atoms with Crippen LogP contribution in [0.25, 0.3) is 0 Å². The number of nitrogens with two attached hydrogens (primary N) is 1. The lowest BCUT2D eigenvalue weighted by Crippen LogP contribution is -2.23. The van der Waals surface area contributed by atoms with Crippen molar-refractivity contribution in [3.63, 3.8) is 0 Å². The molecule has 0 aliphatic rings. The molecule has 96 valence electrons. The van der Waals surface area contributed by atoms with Gasteiger partial charge in [0.05, 0.1) is 17.8 Å². The summed E-state index contributed by atoms with van der Waals surface area (Å²) < 4.78 is 30.8. The molecule has 0 bridgehead atoms. The van der Waals surface area contributed by atoms with Crippen molar-refractivity contribution in [2.75, 3.05) is 5.73 Å². The Bertz CT molecular complexity index is 642. The van der Waals surface area contributed by atoms with Crippen molar-refractivity contribution in [3.8, 4) is 0 Å². The lowest BCUT2D eigenvalue weighted by atomic mass is 10.5. The number of anilines is 1. The van der Waals surface area contributed by atoms with E-state index in [1.165, 1.54) is 12.3 Å². The number of nitrogens with one attached hydrogen (secondary N) is 1. The zero-order valence-electron chi connectivity index (χ0n) is 9.00. The summed E-state index contributed by atoms with van der Waals surface area (Å²) in [4.78, 5) is 3.61. The molecule has 0 amide bonds. The molecular formula is C9H9ClN4O3S. The number of nitrogen functional groups attached to an aromatic ring is 1. The Labute approximate surface area is 108 Å². The molecule has 18 heavy (non-hydrogen) atoms. The van der Waals surface area contributed by atoms with Crippen LogP contribution < -0.4 is 10.5 Å². The highest BCUT2D eigenvalue weighted by molar-refractivity contribution is 7.89. The summed E-state index contributed by atoms with van der Waals surface area (Å²) in [5, 5.41) is 3.54. The number of hydrogen-bond donors (Lipinski definition) is 2. The third kappa shape index (κ3) is 2.78. The Morgan fingerprint density at radius 1 is 1.50 bits per heavy atom. The van der Waals surface area contributed by atoms with Gasteiger partial charge in [0, 0.05) is 12.3 Å². The van der Waals surface area contributed by atoms with Crippen LogP contribution >= 0.6 is 11.6 Å². The highest BCUT2D eigenvalue weighted by Gasteiger charge is 2.16. The number of nitrogens with zero attached hydrogens (tertiary/aromatic N) is 2. The molecule has 0 fully saturated rings. The van der Waals surface area contributed by atoms with E-state index in [1.807, 2.05) is 0 Å². The smallest absolute Gasteiger partial charge is 0.242 e. The number of aromatic nitrogens is 2. The van der Waals surface area contributed by atoms with E-state index in [4.69, 9.17) is 21.9 Å². The van der Waals surface area contributed by atoms with Crippen molar-refractivity contribution < 1.29 is 12.9 Å². The molecule has 0 aromatic carbocycles. The molecule has 3 N–H and O–H groups in total. The van der Waals surface area contributed by atoms with Crippen LogP contribution in [-0.4, -0.2) is 18.6 Å². The molecule has 0 saturated carbocycles. The summed E-state index contributed by atoms with van der Waals surface area (Å²) in [6.45, 7) is -0.00959. The Morgan fingerprint density at radius 2 is 2.28 bits per heavy atom. The summed E-state index contributed by atoms with van der Waals surface area (Å²) >= 11 is 5.71. The minimum atomic E-state index is -3.72. The summed E-state index contributed by atoms with van der Waals surface area (Å²) in [5.74, 6) is 0.471. The minimum Gasteiger partial charge on any atom is -0.382 e. The topological polar surface area (TPSA) is 111 Å². The molecule has 0 unspecified atom stereocenters. The fraction of sp³-hybridized carbons (Fsp3) is 0.111. The molecule has 0 radical (unpaired) electrons. The maximum atomic E-state index is 11.9. The van der Waals surface area contributed by atoms with E-state index in [1.54, 1.807) is 6.07 Å². The van der Waals surface area contributed by atoms with Gasteiger partial charge in [-0.15, -0.1) is 0 Å². The van der Waals surface area contributed by atoms with E-state index >= 15 is 0 Å². The van der Waals surface area contributed by atoms with E-state index in [0.29, 0.717) is 5.76 Å². The molecular weight excluding hydrogens is 280 g/mol. The van der Waals surface area contributed by atoms with Crippen LogP contribution in [0.3, 0.4) is 0 Å². The summed E-state index contributed by atoms with van der Waals surface area (Å²) in [6, 6.07) is 2.78. The van der Waals surface area contributed by atoms with Crippen molar-refractivity contribution in [2.24, 2.45) is 0 Å². The first-order valence-corrected chi connectivity index (χ1v) is 6.65. The Balaban J connectivity index is 2.17. The van der Waals surface area contributed by atoms with Gasteiger partial charge in [-0.2, -0.15) is 0 Å². The quantitative estimate of drug-likeness (QED) is 0.860. The maximum Gasteiger partial charge on any atom is 0.242 e. The average Bonchev–Trinajstić information content (AvgIpc) is 2.83. The fourth-order valence-corrected chi connectivity index (χ4v) is 2.36. The average molecular weight is 289 g/mol. The van der Waals surface area contributed by atoms with Crippen LogP contribution in [0, 0.1) is 0 Å². The molecule has 2 rings (SSSR count). The normalized spacial score (nSPS) is 11.6. The predicted molar refractivity (Wildman–Crippen MR) is 64.2 cm³/mol. The van der Waals surface area contributed by atoms with Crippen molar-refractivity contribution in [2.45, 2.75) is 11.4 Å². The fourth-order valence-electron chi connectivity index (χ4n) is 1.16. The van der Waals surface area contributed by atoms with Crippen LogP contribution in [0.1, 0.15) is 5.76 Å². The standard InChI is InChI=1S/C9H9ClN4O3S/c10-8-3-7(5-12-9(8)11)18(15,16)14-4-6-1-2-13-17-6/h1-3,5,14H,4H2,(H2,11,12). The lowest BCUT2D eigenvalue weighted by molar-refractivity contribution is 0.380. The maximum absolute atomic E-state index is 11.9. The molecule has 9 heteroatoms. The van der Waals surface area contributed by atoms with Gasteiger partial charge in [0.25, 0.3) is 0 Å². The van der Waals surface area contributed by atoms with Gasteiger partial charge in [-0.1, -0.05) is 16.8 Å². The molecule has 0 aliphatic carbocycles. The molecule has 0 atom stereocenters. The van der Waals surface area contributed by atoms with E-state index in [0.717, 1.165) is 6.20 Å². The first-order valence-electron chi connectivity index (χ1n) is 4.79. The second-order valence-corrected chi connectivity index (χ2v) is 5.52. The van der Waals surface area contributed by atoms with Gasteiger partial charge in [0.1, 0.15) is 10.7 Å². The molecule has 2 aromatic rings. The van der Waals surface area contributed by atoms with Crippen molar-refractivity contribution in [3.05, 3.63) is 35.3 Å². The monoisotopic (exact) mass is 288 g/mol. The Morgan fingerprint density at radius 3 is 2.89 bits per heavy atom. The molecule has 0 saturated heterocycles. The first-order chi connectivity index (χ1) is 8.49. The van der Waals surface area contributed by atoms with Crippen LogP contribution in [0.2, 0.25) is 5.02 Å². The zero-order valence-corrected chi connectivity index (χ0v) is 10.6. The second kappa shape index (κ2) is 4.92. The molecule has 2 heterocycles. The van der Waals surface area contributed by atoms with Crippen LogP contribution in [-0.2, 0) is 16.6 Å². The van der Waals surface area contributed by atoms with Crippen LogP contribution in [0.15, 0.2) is 33.9 Å². The number of rotatable bonds is 4. The molecule has 0 aliphatic heterocycles. The molecule has 2 aromatic heterocycles. The van der Waals surface area contributed by atoms with Gasteiger partial charge in [-0.3, -0.25) is 0 Å². The molecule has 0 spiro atoms. The van der Waals surface area contributed by atoms with Crippen molar-refractivity contribution in [1.82, 2.24) is 14.9 Å². The number of sulfonamides is 1. The first kappa shape index (κ1) is 12.8. The zero-order chi connectivity index (χ0) is 13.2. The van der Waals surface area contributed by atoms with E-state index in [-0.39, 0.29) is 22.3 Å². The van der Waals surface area contributed by atoms with Gasteiger partial charge < -0.3 is 10.3 Å². The lowest BCUT2D eigenvalue weighted by Gasteiger charge is -2.05. The third-order valence-electron chi connectivity index (χ3n) is 2.08. The van der Waals surface area contributed by atoms with Crippen molar-refractivity contribution >= 4 is 27.4 Å². The largest absolute Gasteiger partial charge is 0.382 e. The van der Waals surface area contributed by atoms with Gasteiger partial charge in [0.2, 0.25) is 10.0 Å².